The fraction of sp³-hybridized carbons (Fsp3) is 0.708. The number of rotatable bonds is 62. The molecule has 44 N–H and O–H groups in total. The topological polar surface area (TPSA) is 906 Å². The van der Waals surface area contributed by atoms with Crippen LogP contribution < -0.4 is 150 Å². The predicted molar refractivity (Wildman–Crippen MR) is 457 cm³/mol. The van der Waals surface area contributed by atoms with E-state index in [-0.39, 0.29) is 230 Å². The highest BCUT2D eigenvalue weighted by molar-refractivity contribution is 6.00. The smallest absolute Gasteiger partial charge is 0.326 e. The molecule has 0 aromatic carbocycles. The Labute approximate surface area is 713 Å². The largest absolute Gasteiger partial charge is 0.480 e. The van der Waals surface area contributed by atoms with Gasteiger partial charge in [-0.3, -0.25) is 97.1 Å². The molecule has 2 aliphatic rings. The Balaban J connectivity index is 2.79. The molecule has 0 aliphatic carbocycles. The second kappa shape index (κ2) is 59.3. The van der Waals surface area contributed by atoms with Crippen LogP contribution in [0.3, 0.4) is 0 Å². The number of aliphatic imine (C=N–C) groups is 6. The van der Waals surface area contributed by atoms with Gasteiger partial charge >= 0.3 is 5.97 Å². The van der Waals surface area contributed by atoms with Gasteiger partial charge in [0.2, 0.25) is 82.7 Å². The van der Waals surface area contributed by atoms with Crippen LogP contribution in [0.5, 0.6) is 0 Å². The van der Waals surface area contributed by atoms with Crippen LogP contribution >= 0.6 is 0 Å². The Morgan fingerprint density at radius 2 is 0.626 bits per heavy atom. The van der Waals surface area contributed by atoms with Crippen molar-refractivity contribution in [3.63, 3.8) is 0 Å². The first-order chi connectivity index (χ1) is 58.4. The third kappa shape index (κ3) is 43.6. The molecule has 0 bridgehead atoms. The number of primary amides is 2. The van der Waals surface area contributed by atoms with E-state index in [1.807, 2.05) is 0 Å². The van der Waals surface area contributed by atoms with Crippen molar-refractivity contribution in [3.05, 3.63) is 0 Å². The Kier molecular flexibility index (Phi) is 51.4. The van der Waals surface area contributed by atoms with Gasteiger partial charge in [0.05, 0.1) is 6.54 Å². The summed E-state index contributed by atoms with van der Waals surface area (Å²) >= 11 is 0. The van der Waals surface area contributed by atoms with E-state index in [4.69, 9.17) is 91.7 Å². The highest BCUT2D eigenvalue weighted by Crippen LogP contribution is 2.27. The lowest BCUT2D eigenvalue weighted by molar-refractivity contribution is -0.149. The quantitative estimate of drug-likeness (QED) is 0.0153. The van der Waals surface area contributed by atoms with Gasteiger partial charge in [0.1, 0.15) is 72.5 Å². The summed E-state index contributed by atoms with van der Waals surface area (Å²) in [6, 6.07) is -17.5. The van der Waals surface area contributed by atoms with Crippen LogP contribution in [0.1, 0.15) is 174 Å². The molecule has 2 aliphatic heterocycles. The molecule has 694 valence electrons. The number of nitrogens with one attached hydrogen (secondary N) is 11. The summed E-state index contributed by atoms with van der Waals surface area (Å²) < 4.78 is 0. The second-order valence-corrected chi connectivity index (χ2v) is 29.4. The van der Waals surface area contributed by atoms with Gasteiger partial charge in [-0.05, 0) is 174 Å². The Morgan fingerprint density at radius 3 is 0.935 bits per heavy atom. The van der Waals surface area contributed by atoms with Gasteiger partial charge in [-0.25, -0.2) is 4.79 Å². The number of hydrogen-bond donors (Lipinski definition) is 28. The van der Waals surface area contributed by atoms with Gasteiger partial charge in [-0.2, -0.15) is 0 Å². The summed E-state index contributed by atoms with van der Waals surface area (Å²) in [5.41, 5.74) is 90.2. The zero-order valence-corrected chi connectivity index (χ0v) is 70.2. The number of hydrogen-bond acceptors (Lipinski definition) is 24. The maximum Gasteiger partial charge on any atom is 0.326 e. The summed E-state index contributed by atoms with van der Waals surface area (Å²) in [5.74, 6) is -15.3. The van der Waals surface area contributed by atoms with Crippen LogP contribution in [-0.2, 0) is 71.9 Å². The molecule has 123 heavy (non-hydrogen) atoms. The maximum absolute atomic E-state index is 15.0. The molecule has 0 spiro atoms. The van der Waals surface area contributed by atoms with Crippen molar-refractivity contribution >= 4 is 124 Å². The molecular weight excluding hydrogens is 1610 g/mol. The Morgan fingerprint density at radius 1 is 0.341 bits per heavy atom. The number of amides is 14. The standard InChI is InChI=1S/C72H135N35O16/c1-2-89-72(88)95-36-11-21-45(99-57(113)42(16-4-6-30-74)98-56(112)41(15-3-5-29-73)97-55(111)40(96-54(110)39-75)17-7-31-90-67(78)79)59(115)100-44(19-9-33-92-69(82)83)60(116)103-47(25-27-52(76)108)62(118)102-43(18-8-32-91-68(80)81)58(114)101-46(20-10-34-93-70(84)85)61(117)104-48(22-12-35-94-71(86)87)64(120)107-38-14-24-51(107)65(121)106-37-13-23-50(106)63(119)105-49(66(122)123)26-28-53(77)109/h40-51H,2-39,73-75H2,1H3,(H2,76,108)(H2,77,109)(H,96,110)(H,97,111)(H,98,112)(H,99,113)(H,100,115)(H,101,114)(H,102,118)(H,103,116)(H,104,117)(H,105,119)(H,122,123)(H4,78,79,90)(H4,80,81,91)(H4,82,83,92)(H4,84,85,93)(H4,86,87,94)(H3,88,89,95)/t40-,41-,42-,43-,44-,45-,46-,47-,48-,49-,50-,51-/m0/s1. The highest BCUT2D eigenvalue weighted by Gasteiger charge is 2.45. The van der Waals surface area contributed by atoms with Crippen LogP contribution in [0.15, 0.2) is 30.0 Å². The van der Waals surface area contributed by atoms with Crippen molar-refractivity contribution in [3.8, 4) is 0 Å². The fourth-order valence-electron chi connectivity index (χ4n) is 13.2. The van der Waals surface area contributed by atoms with E-state index in [2.05, 4.69) is 88.4 Å². The van der Waals surface area contributed by atoms with Gasteiger partial charge in [0.25, 0.3) is 0 Å². The number of unbranched alkanes of at least 4 members (excludes halogenated alkanes) is 2. The van der Waals surface area contributed by atoms with Crippen LogP contribution in [0, 0.1) is 0 Å². The molecule has 51 nitrogen and oxygen atoms in total. The van der Waals surface area contributed by atoms with Gasteiger partial charge in [-0.15, -0.1) is 0 Å². The van der Waals surface area contributed by atoms with E-state index in [0.717, 1.165) is 0 Å². The van der Waals surface area contributed by atoms with Crippen molar-refractivity contribution < 1.29 is 77.0 Å². The number of likely N-dealkylation sites (tertiary alicyclic amines) is 2. The molecule has 2 saturated heterocycles. The van der Waals surface area contributed by atoms with Gasteiger partial charge < -0.3 is 165 Å². The first-order valence-corrected chi connectivity index (χ1v) is 41.2. The first kappa shape index (κ1) is 107. The minimum Gasteiger partial charge on any atom is -0.480 e. The third-order valence-corrected chi connectivity index (χ3v) is 19.4. The van der Waals surface area contributed by atoms with Crippen molar-refractivity contribution in [1.29, 1.82) is 0 Å². The van der Waals surface area contributed by atoms with Gasteiger partial charge in [0, 0.05) is 71.7 Å². The molecule has 0 aromatic heterocycles. The minimum atomic E-state index is -1.78. The zero-order valence-electron chi connectivity index (χ0n) is 70.2. The van der Waals surface area contributed by atoms with Crippen LogP contribution in [0.4, 0.5) is 0 Å². The minimum absolute atomic E-state index is 0.00430. The lowest BCUT2D eigenvalue weighted by atomic mass is 10.0. The highest BCUT2D eigenvalue weighted by atomic mass is 16.4. The first-order valence-electron chi connectivity index (χ1n) is 41.2. The molecule has 12 atom stereocenters. The van der Waals surface area contributed by atoms with Crippen molar-refractivity contribution in [2.45, 2.75) is 246 Å². The predicted octanol–water partition coefficient (Wildman–Crippen LogP) is -12.4. The summed E-state index contributed by atoms with van der Waals surface area (Å²) in [7, 11) is 0. The van der Waals surface area contributed by atoms with Crippen LogP contribution in [0.25, 0.3) is 0 Å². The number of nitrogens with two attached hydrogens (primary N) is 16. The number of carboxylic acid groups (broad SMARTS) is 1. The molecule has 14 amide bonds. The Bertz CT molecular complexity index is 3640. The van der Waals surface area contributed by atoms with Crippen LogP contribution in [-0.4, -0.2) is 290 Å². The average molecular weight is 1750 g/mol. The summed E-state index contributed by atoms with van der Waals surface area (Å²) in [6.07, 6.45) is -0.603. The van der Waals surface area contributed by atoms with Gasteiger partial charge in [-0.1, -0.05) is 0 Å². The molecule has 51 heteroatoms. The maximum atomic E-state index is 15.0. The lowest BCUT2D eigenvalue weighted by Crippen LogP contribution is -2.61. The van der Waals surface area contributed by atoms with E-state index in [1.54, 1.807) is 6.92 Å². The van der Waals surface area contributed by atoms with Crippen LogP contribution in [0.2, 0.25) is 0 Å². The van der Waals surface area contributed by atoms with Crippen molar-refractivity contribution in [2.75, 3.05) is 78.5 Å². The summed E-state index contributed by atoms with van der Waals surface area (Å²) in [4.78, 5) is 237. The van der Waals surface area contributed by atoms with Crippen molar-refractivity contribution in [1.82, 2.24) is 68.3 Å². The van der Waals surface area contributed by atoms with E-state index in [9.17, 15) is 57.8 Å². The number of nitrogens with zero attached hydrogens (tertiary/aromatic N) is 8. The normalized spacial score (nSPS) is 16.0. The zero-order chi connectivity index (χ0) is 92.1. The molecule has 2 fully saturated rings. The molecule has 2 rings (SSSR count). The van der Waals surface area contributed by atoms with Gasteiger partial charge in [0.15, 0.2) is 35.8 Å². The monoisotopic (exact) mass is 1750 g/mol. The third-order valence-electron chi connectivity index (χ3n) is 19.4. The molecule has 2 heterocycles. The SMILES string of the molecule is CCNC(N)=NCCC[C@H](NC(=O)[C@H](CCCCN)NC(=O)[C@H](CCCCN)NC(=O)[C@H](CCCN=C(N)N)NC(=O)CN)C(=O)N[C@@H](CCCN=C(N)N)C(=O)N[C@@H](CCC(N)=O)C(=O)N[C@@H](CCCN=C(N)N)C(=O)N[C@@H](CCCN=C(N)N)C(=O)N[C@@H](CCCN=C(N)N)C(=O)N1CCC[C@H]1C(=O)N1CCC[C@H]1C(=O)N[C@@H](CCC(N)=O)C(=O)O. The second-order valence-electron chi connectivity index (χ2n) is 29.4. The van der Waals surface area contributed by atoms with E-state index in [1.165, 1.54) is 9.80 Å². The van der Waals surface area contributed by atoms with E-state index >= 15 is 19.2 Å². The van der Waals surface area contributed by atoms with E-state index in [0.29, 0.717) is 32.2 Å². The number of guanidine groups is 6. The van der Waals surface area contributed by atoms with E-state index < -0.39 is 181 Å². The molecule has 0 saturated carbocycles. The molecule has 0 radical (unpaired) electrons. The number of aliphatic carboxylic acids is 1. The lowest BCUT2D eigenvalue weighted by Gasteiger charge is -2.33. The Hall–Kier alpha value is -12.4. The number of carbonyl (C=O) groups is 15. The fourth-order valence-corrected chi connectivity index (χ4v) is 13.2. The summed E-state index contributed by atoms with van der Waals surface area (Å²) in [6.45, 7) is 1.83. The summed E-state index contributed by atoms with van der Waals surface area (Å²) in [5, 5.41) is 38.9. The molecular formula is C72H135N35O16. The van der Waals surface area contributed by atoms with Crippen molar-refractivity contribution in [2.24, 2.45) is 122 Å². The number of carboxylic acids is 1. The molecule has 0 aromatic rings. The molecule has 0 unspecified atom stereocenters. The number of carbonyl (C=O) groups excluding carboxylic acids is 14. The average Bonchev–Trinajstić information content (AvgIpc) is 1.66.